The van der Waals surface area contributed by atoms with Gasteiger partial charge in [-0.05, 0) is 73.4 Å². The third-order valence-corrected chi connectivity index (χ3v) is 5.05. The smallest absolute Gasteiger partial charge is 0.416 e. The van der Waals surface area contributed by atoms with E-state index in [1.54, 1.807) is 0 Å². The van der Waals surface area contributed by atoms with Crippen LogP contribution >= 0.6 is 0 Å². The largest absolute Gasteiger partial charge is 0.457 e. The molecule has 5 heteroatoms. The first-order valence-corrected chi connectivity index (χ1v) is 10.1. The highest BCUT2D eigenvalue weighted by Crippen LogP contribution is 2.30. The monoisotopic (exact) mass is 426 g/mol. The van der Waals surface area contributed by atoms with Crippen molar-refractivity contribution >= 4 is 5.57 Å². The van der Waals surface area contributed by atoms with E-state index in [-0.39, 0.29) is 0 Å². The Hall–Kier alpha value is -3.05. The summed E-state index contributed by atoms with van der Waals surface area (Å²) in [4.78, 5) is 0. The topological polar surface area (TPSA) is 18.5 Å². The lowest BCUT2D eigenvalue weighted by molar-refractivity contribution is -0.137. The van der Waals surface area contributed by atoms with Crippen LogP contribution in [-0.2, 0) is 17.5 Å². The molecular weight excluding hydrogens is 401 g/mol. The Bertz CT molecular complexity index is 1010. The van der Waals surface area contributed by atoms with Crippen molar-refractivity contribution in [1.29, 1.82) is 0 Å². The molecule has 0 N–H and O–H groups in total. The minimum atomic E-state index is -4.32. The molecule has 0 fully saturated rings. The second-order valence-electron chi connectivity index (χ2n) is 7.35. The van der Waals surface area contributed by atoms with Gasteiger partial charge in [0.05, 0.1) is 18.8 Å². The Balaban J connectivity index is 1.51. The second kappa shape index (κ2) is 10.3. The van der Waals surface area contributed by atoms with Gasteiger partial charge in [-0.1, -0.05) is 48.0 Å². The molecule has 0 aliphatic rings. The quantitative estimate of drug-likeness (QED) is 0.341. The fourth-order valence-corrected chi connectivity index (χ4v) is 3.08. The number of ether oxygens (including phenoxy) is 2. The van der Waals surface area contributed by atoms with E-state index >= 15 is 0 Å². The molecule has 0 aliphatic heterocycles. The van der Waals surface area contributed by atoms with Gasteiger partial charge in [0.2, 0.25) is 0 Å². The van der Waals surface area contributed by atoms with Crippen molar-refractivity contribution in [1.82, 2.24) is 0 Å². The first-order valence-electron chi connectivity index (χ1n) is 10.1. The van der Waals surface area contributed by atoms with Gasteiger partial charge in [0, 0.05) is 0 Å². The fourth-order valence-electron chi connectivity index (χ4n) is 3.08. The Kier molecular flexibility index (Phi) is 7.53. The molecule has 0 spiro atoms. The molecule has 0 atom stereocenters. The molecule has 0 amide bonds. The van der Waals surface area contributed by atoms with Crippen LogP contribution in [0.25, 0.3) is 5.57 Å². The lowest BCUT2D eigenvalue weighted by atomic mass is 9.99. The van der Waals surface area contributed by atoms with Crippen LogP contribution in [0, 0.1) is 0 Å². The van der Waals surface area contributed by atoms with Crippen LogP contribution in [0.3, 0.4) is 0 Å². The van der Waals surface area contributed by atoms with E-state index < -0.39 is 11.7 Å². The lowest BCUT2D eigenvalue weighted by Gasteiger charge is -2.11. The summed E-state index contributed by atoms with van der Waals surface area (Å²) in [5, 5.41) is 0. The first kappa shape index (κ1) is 22.6. The van der Waals surface area contributed by atoms with Crippen LogP contribution in [0.4, 0.5) is 13.2 Å². The summed E-state index contributed by atoms with van der Waals surface area (Å²) < 4.78 is 49.8. The number of rotatable bonds is 8. The van der Waals surface area contributed by atoms with Crippen molar-refractivity contribution in [2.75, 3.05) is 6.61 Å². The molecule has 162 valence electrons. The maximum atomic E-state index is 12.7. The molecular formula is C26H25F3O2. The molecule has 0 saturated carbocycles. The summed E-state index contributed by atoms with van der Waals surface area (Å²) in [5.74, 6) is 1.53. The molecule has 0 saturated heterocycles. The van der Waals surface area contributed by atoms with E-state index in [2.05, 4.69) is 0 Å². The van der Waals surface area contributed by atoms with Crippen molar-refractivity contribution in [2.45, 2.75) is 33.1 Å². The van der Waals surface area contributed by atoms with E-state index in [1.165, 1.54) is 12.1 Å². The number of para-hydroxylation sites is 1. The number of hydrogen-bond donors (Lipinski definition) is 0. The van der Waals surface area contributed by atoms with Crippen LogP contribution in [0.2, 0.25) is 0 Å². The Morgan fingerprint density at radius 2 is 1.48 bits per heavy atom. The van der Waals surface area contributed by atoms with Crippen LogP contribution in [-0.4, -0.2) is 6.61 Å². The van der Waals surface area contributed by atoms with E-state index in [9.17, 15) is 13.2 Å². The zero-order valence-corrected chi connectivity index (χ0v) is 17.6. The van der Waals surface area contributed by atoms with Crippen molar-refractivity contribution < 1.29 is 22.6 Å². The van der Waals surface area contributed by atoms with Gasteiger partial charge in [-0.15, -0.1) is 0 Å². The molecule has 2 nitrogen and oxygen atoms in total. The van der Waals surface area contributed by atoms with Gasteiger partial charge >= 0.3 is 6.18 Å². The van der Waals surface area contributed by atoms with Crippen LogP contribution in [0.5, 0.6) is 11.5 Å². The summed E-state index contributed by atoms with van der Waals surface area (Å²) in [5.41, 5.74) is 3.21. The Labute approximate surface area is 180 Å². The highest BCUT2D eigenvalue weighted by atomic mass is 19.4. The minimum absolute atomic E-state index is 0.457. The number of hydrogen-bond acceptors (Lipinski definition) is 2. The molecule has 3 rings (SSSR count). The van der Waals surface area contributed by atoms with E-state index in [0.29, 0.717) is 19.6 Å². The standard InChI is InChI=1S/C26H25F3O2/c1-19(20(2)22-11-13-23(14-12-22)26(27,28)29)15-16-30-18-21-7-6-10-25(17-21)31-24-8-4-3-5-9-24/h3-14,17H,15-16,18H2,1-2H3. The first-order chi connectivity index (χ1) is 14.8. The molecule has 0 aromatic heterocycles. The number of halogens is 3. The van der Waals surface area contributed by atoms with Gasteiger partial charge in [-0.3, -0.25) is 0 Å². The molecule has 0 unspecified atom stereocenters. The van der Waals surface area contributed by atoms with E-state index in [4.69, 9.17) is 9.47 Å². The normalized spacial score (nSPS) is 12.4. The van der Waals surface area contributed by atoms with Gasteiger partial charge in [-0.2, -0.15) is 13.2 Å². The number of alkyl halides is 3. The minimum Gasteiger partial charge on any atom is -0.457 e. The SMILES string of the molecule is CC(CCOCc1cccc(Oc2ccccc2)c1)=C(C)c1ccc(C(F)(F)F)cc1. The van der Waals surface area contributed by atoms with Crippen LogP contribution in [0.1, 0.15) is 37.0 Å². The molecule has 3 aromatic carbocycles. The van der Waals surface area contributed by atoms with Gasteiger partial charge in [0.15, 0.2) is 0 Å². The fraction of sp³-hybridized carbons (Fsp3) is 0.231. The summed E-state index contributed by atoms with van der Waals surface area (Å²) in [6, 6.07) is 22.6. The van der Waals surface area contributed by atoms with Crippen molar-refractivity contribution in [3.63, 3.8) is 0 Å². The zero-order valence-electron chi connectivity index (χ0n) is 17.6. The highest BCUT2D eigenvalue weighted by Gasteiger charge is 2.29. The van der Waals surface area contributed by atoms with E-state index in [0.717, 1.165) is 45.9 Å². The van der Waals surface area contributed by atoms with E-state index in [1.807, 2.05) is 68.4 Å². The summed E-state index contributed by atoms with van der Waals surface area (Å²) in [6.07, 6.45) is -3.62. The molecule has 0 heterocycles. The van der Waals surface area contributed by atoms with Gasteiger partial charge in [0.1, 0.15) is 11.5 Å². The number of allylic oxidation sites excluding steroid dienone is 1. The summed E-state index contributed by atoms with van der Waals surface area (Å²) in [7, 11) is 0. The third-order valence-electron chi connectivity index (χ3n) is 5.05. The maximum absolute atomic E-state index is 12.7. The van der Waals surface area contributed by atoms with Crippen molar-refractivity contribution in [3.05, 3.63) is 101 Å². The average Bonchev–Trinajstić information content (AvgIpc) is 2.76. The highest BCUT2D eigenvalue weighted by molar-refractivity contribution is 5.66. The summed E-state index contributed by atoms with van der Waals surface area (Å²) in [6.45, 7) is 4.87. The summed E-state index contributed by atoms with van der Waals surface area (Å²) >= 11 is 0. The van der Waals surface area contributed by atoms with Crippen LogP contribution in [0.15, 0.2) is 84.4 Å². The van der Waals surface area contributed by atoms with Crippen molar-refractivity contribution in [3.8, 4) is 11.5 Å². The predicted molar refractivity (Wildman–Crippen MR) is 117 cm³/mol. The molecule has 31 heavy (non-hydrogen) atoms. The number of benzene rings is 3. The second-order valence-corrected chi connectivity index (χ2v) is 7.35. The Morgan fingerprint density at radius 3 is 2.16 bits per heavy atom. The van der Waals surface area contributed by atoms with Gasteiger partial charge < -0.3 is 9.47 Å². The van der Waals surface area contributed by atoms with Gasteiger partial charge in [0.25, 0.3) is 0 Å². The zero-order chi connectivity index (χ0) is 22.3. The molecule has 0 radical (unpaired) electrons. The van der Waals surface area contributed by atoms with Crippen molar-refractivity contribution in [2.24, 2.45) is 0 Å². The molecule has 0 bridgehead atoms. The maximum Gasteiger partial charge on any atom is 0.416 e. The van der Waals surface area contributed by atoms with Crippen LogP contribution < -0.4 is 4.74 Å². The predicted octanol–water partition coefficient (Wildman–Crippen LogP) is 7.90. The lowest BCUT2D eigenvalue weighted by Crippen LogP contribution is -2.04. The Morgan fingerprint density at radius 1 is 0.806 bits per heavy atom. The third kappa shape index (κ3) is 6.72. The molecule has 3 aromatic rings. The average molecular weight is 426 g/mol. The van der Waals surface area contributed by atoms with Gasteiger partial charge in [-0.25, -0.2) is 0 Å². The molecule has 0 aliphatic carbocycles.